The maximum absolute atomic E-state index is 9.14. The summed E-state index contributed by atoms with van der Waals surface area (Å²) in [6.07, 6.45) is 5.72. The van der Waals surface area contributed by atoms with E-state index in [1.165, 1.54) is 0 Å². The maximum Gasteiger partial charge on any atom is 0.0573 e. The third kappa shape index (κ3) is 2.39. The van der Waals surface area contributed by atoms with Gasteiger partial charge in [0.25, 0.3) is 0 Å². The molecule has 4 nitrogen and oxygen atoms in total. The molecule has 1 aromatic heterocycles. The number of hydrogen-bond acceptors (Lipinski definition) is 4. The van der Waals surface area contributed by atoms with E-state index < -0.39 is 0 Å². The first-order chi connectivity index (χ1) is 7.29. The monoisotopic (exact) mass is 207 g/mol. The third-order valence-corrected chi connectivity index (χ3v) is 2.89. The van der Waals surface area contributed by atoms with E-state index in [9.17, 15) is 0 Å². The van der Waals surface area contributed by atoms with Gasteiger partial charge in [0, 0.05) is 25.9 Å². The Morgan fingerprint density at radius 2 is 2.40 bits per heavy atom. The van der Waals surface area contributed by atoms with Crippen LogP contribution in [0.25, 0.3) is 0 Å². The van der Waals surface area contributed by atoms with Crippen molar-refractivity contribution in [3.05, 3.63) is 18.5 Å². The van der Waals surface area contributed by atoms with Crippen molar-refractivity contribution in [2.75, 3.05) is 30.3 Å². The average molecular weight is 207 g/mol. The molecule has 1 unspecified atom stereocenters. The number of anilines is 2. The van der Waals surface area contributed by atoms with Crippen LogP contribution in [0, 0.1) is 5.92 Å². The molecule has 0 aliphatic carbocycles. The molecular formula is C11H17N3O. The van der Waals surface area contributed by atoms with Gasteiger partial charge in [-0.2, -0.15) is 0 Å². The number of rotatable bonds is 2. The zero-order valence-electron chi connectivity index (χ0n) is 8.76. The summed E-state index contributed by atoms with van der Waals surface area (Å²) in [5.74, 6) is 0.389. The van der Waals surface area contributed by atoms with Gasteiger partial charge in [0.2, 0.25) is 0 Å². The summed E-state index contributed by atoms with van der Waals surface area (Å²) in [5.41, 5.74) is 7.45. The quantitative estimate of drug-likeness (QED) is 0.755. The minimum Gasteiger partial charge on any atom is -0.397 e. The van der Waals surface area contributed by atoms with Gasteiger partial charge in [-0.15, -0.1) is 0 Å². The first-order valence-corrected chi connectivity index (χ1v) is 5.36. The van der Waals surface area contributed by atoms with Crippen molar-refractivity contribution in [2.24, 2.45) is 5.92 Å². The Kier molecular flexibility index (Phi) is 3.06. The number of hydrogen-bond donors (Lipinski definition) is 2. The van der Waals surface area contributed by atoms with Crippen LogP contribution in [0.15, 0.2) is 18.5 Å². The van der Waals surface area contributed by atoms with Crippen LogP contribution < -0.4 is 10.6 Å². The second-order valence-corrected chi connectivity index (χ2v) is 4.11. The summed E-state index contributed by atoms with van der Waals surface area (Å²) in [6.45, 7) is 2.20. The first-order valence-electron chi connectivity index (χ1n) is 5.36. The van der Waals surface area contributed by atoms with Crippen LogP contribution in [0.5, 0.6) is 0 Å². The number of piperidine rings is 1. The molecule has 82 valence electrons. The lowest BCUT2D eigenvalue weighted by Gasteiger charge is -2.33. The standard InChI is InChI=1S/C11H17N3O/c12-10-4-11(6-13-5-10)14-3-1-2-9(7-14)8-15/h4-6,9,15H,1-3,7-8,12H2. The fourth-order valence-corrected chi connectivity index (χ4v) is 2.07. The van der Waals surface area contributed by atoms with Crippen molar-refractivity contribution in [3.8, 4) is 0 Å². The Morgan fingerprint density at radius 3 is 3.13 bits per heavy atom. The summed E-state index contributed by atoms with van der Waals surface area (Å²) < 4.78 is 0. The molecule has 0 aromatic carbocycles. The second kappa shape index (κ2) is 4.49. The topological polar surface area (TPSA) is 62.4 Å². The van der Waals surface area contributed by atoms with Crippen LogP contribution in [0.3, 0.4) is 0 Å². The van der Waals surface area contributed by atoms with Crippen LogP contribution in [-0.2, 0) is 0 Å². The van der Waals surface area contributed by atoms with Crippen molar-refractivity contribution in [1.29, 1.82) is 0 Å². The number of pyridine rings is 1. The molecule has 2 rings (SSSR count). The lowest BCUT2D eigenvalue weighted by atomic mass is 9.99. The smallest absolute Gasteiger partial charge is 0.0573 e. The molecule has 3 N–H and O–H groups in total. The predicted molar refractivity (Wildman–Crippen MR) is 60.7 cm³/mol. The highest BCUT2D eigenvalue weighted by molar-refractivity contribution is 5.53. The number of aliphatic hydroxyl groups excluding tert-OH is 1. The molecule has 1 atom stereocenters. The largest absolute Gasteiger partial charge is 0.397 e. The summed E-state index contributed by atoms with van der Waals surface area (Å²) in [4.78, 5) is 6.32. The zero-order valence-corrected chi connectivity index (χ0v) is 8.76. The third-order valence-electron chi connectivity index (χ3n) is 2.89. The summed E-state index contributed by atoms with van der Waals surface area (Å²) in [7, 11) is 0. The number of nitrogens with zero attached hydrogens (tertiary/aromatic N) is 2. The maximum atomic E-state index is 9.14. The molecule has 0 amide bonds. The minimum absolute atomic E-state index is 0.270. The highest BCUT2D eigenvalue weighted by Crippen LogP contribution is 2.23. The van der Waals surface area contributed by atoms with E-state index in [2.05, 4.69) is 9.88 Å². The Bertz CT molecular complexity index is 329. The van der Waals surface area contributed by atoms with Crippen LogP contribution in [0.4, 0.5) is 11.4 Å². The second-order valence-electron chi connectivity index (χ2n) is 4.11. The normalized spacial score (nSPS) is 21.7. The van der Waals surface area contributed by atoms with Crippen molar-refractivity contribution >= 4 is 11.4 Å². The van der Waals surface area contributed by atoms with Gasteiger partial charge in [-0.3, -0.25) is 4.98 Å². The molecule has 15 heavy (non-hydrogen) atoms. The van der Waals surface area contributed by atoms with Crippen LogP contribution in [0.1, 0.15) is 12.8 Å². The van der Waals surface area contributed by atoms with E-state index >= 15 is 0 Å². The lowest BCUT2D eigenvalue weighted by molar-refractivity contribution is 0.208. The van der Waals surface area contributed by atoms with E-state index in [-0.39, 0.29) is 6.61 Å². The molecule has 0 bridgehead atoms. The lowest BCUT2D eigenvalue weighted by Crippen LogP contribution is -2.36. The molecule has 1 aromatic rings. The Morgan fingerprint density at radius 1 is 1.53 bits per heavy atom. The van der Waals surface area contributed by atoms with Crippen molar-refractivity contribution in [3.63, 3.8) is 0 Å². The molecule has 1 aliphatic heterocycles. The van der Waals surface area contributed by atoms with Gasteiger partial charge in [0.05, 0.1) is 17.6 Å². The molecule has 1 fully saturated rings. The van der Waals surface area contributed by atoms with E-state index in [0.717, 1.165) is 31.6 Å². The fourth-order valence-electron chi connectivity index (χ4n) is 2.07. The number of aromatic nitrogens is 1. The van der Waals surface area contributed by atoms with Crippen molar-refractivity contribution in [1.82, 2.24) is 4.98 Å². The molecular weight excluding hydrogens is 190 g/mol. The van der Waals surface area contributed by atoms with E-state index in [1.54, 1.807) is 6.20 Å². The summed E-state index contributed by atoms with van der Waals surface area (Å²) in [5, 5.41) is 9.14. The molecule has 0 saturated carbocycles. The Balaban J connectivity index is 2.09. The molecule has 2 heterocycles. The number of nitrogens with two attached hydrogens (primary N) is 1. The molecule has 1 aliphatic rings. The van der Waals surface area contributed by atoms with Gasteiger partial charge in [0.1, 0.15) is 0 Å². The van der Waals surface area contributed by atoms with E-state index in [0.29, 0.717) is 11.6 Å². The molecule has 0 radical (unpaired) electrons. The highest BCUT2D eigenvalue weighted by atomic mass is 16.3. The van der Waals surface area contributed by atoms with Gasteiger partial charge in [0.15, 0.2) is 0 Å². The van der Waals surface area contributed by atoms with E-state index in [1.807, 2.05) is 12.3 Å². The number of aliphatic hydroxyl groups is 1. The van der Waals surface area contributed by atoms with Gasteiger partial charge in [-0.1, -0.05) is 0 Å². The fraction of sp³-hybridized carbons (Fsp3) is 0.545. The zero-order chi connectivity index (χ0) is 10.7. The first kappa shape index (κ1) is 10.2. The molecule has 0 spiro atoms. The number of nitrogen functional groups attached to an aromatic ring is 1. The van der Waals surface area contributed by atoms with Gasteiger partial charge >= 0.3 is 0 Å². The summed E-state index contributed by atoms with van der Waals surface area (Å²) in [6, 6.07) is 1.94. The van der Waals surface area contributed by atoms with Crippen molar-refractivity contribution in [2.45, 2.75) is 12.8 Å². The van der Waals surface area contributed by atoms with Crippen molar-refractivity contribution < 1.29 is 5.11 Å². The minimum atomic E-state index is 0.270. The van der Waals surface area contributed by atoms with Gasteiger partial charge < -0.3 is 15.7 Å². The molecule has 1 saturated heterocycles. The van der Waals surface area contributed by atoms with Crippen LogP contribution in [0.2, 0.25) is 0 Å². The van der Waals surface area contributed by atoms with Gasteiger partial charge in [-0.25, -0.2) is 0 Å². The van der Waals surface area contributed by atoms with Crippen LogP contribution in [-0.4, -0.2) is 29.8 Å². The summed E-state index contributed by atoms with van der Waals surface area (Å²) >= 11 is 0. The Hall–Kier alpha value is -1.29. The predicted octanol–water partition coefficient (Wildman–Crippen LogP) is 0.872. The SMILES string of the molecule is Nc1cncc(N2CCCC(CO)C2)c1. The average Bonchev–Trinajstić information content (AvgIpc) is 2.29. The Labute approximate surface area is 89.7 Å². The highest BCUT2D eigenvalue weighted by Gasteiger charge is 2.19. The van der Waals surface area contributed by atoms with E-state index in [4.69, 9.17) is 10.8 Å². The molecule has 4 heteroatoms. The van der Waals surface area contributed by atoms with Crippen LogP contribution >= 0.6 is 0 Å². The van der Waals surface area contributed by atoms with Gasteiger partial charge in [-0.05, 0) is 24.8 Å².